The summed E-state index contributed by atoms with van der Waals surface area (Å²) in [6.45, 7) is 8.07. The van der Waals surface area contributed by atoms with Gasteiger partial charge in [-0.1, -0.05) is 0 Å². The molecule has 2 fully saturated rings. The lowest BCUT2D eigenvalue weighted by atomic mass is 9.94. The monoisotopic (exact) mass is 338 g/mol. The van der Waals surface area contributed by atoms with Gasteiger partial charge in [-0.2, -0.15) is 0 Å². The Bertz CT molecular complexity index is 411. The Labute approximate surface area is 146 Å². The quantitative estimate of drug-likeness (QED) is 0.468. The number of hydrogen-bond donors (Lipinski definition) is 1. The maximum absolute atomic E-state index is 11.6. The van der Waals surface area contributed by atoms with Crippen LogP contribution in [0.5, 0.6) is 0 Å². The van der Waals surface area contributed by atoms with Gasteiger partial charge in [-0.25, -0.2) is 0 Å². The van der Waals surface area contributed by atoms with Crippen molar-refractivity contribution in [3.8, 4) is 0 Å². The first-order valence-electron chi connectivity index (χ1n) is 9.43. The van der Waals surface area contributed by atoms with E-state index < -0.39 is 0 Å². The first kappa shape index (κ1) is 19.0. The van der Waals surface area contributed by atoms with Crippen molar-refractivity contribution in [1.82, 2.24) is 15.1 Å². The number of esters is 1. The highest BCUT2D eigenvalue weighted by atomic mass is 16.5. The van der Waals surface area contributed by atoms with Crippen molar-refractivity contribution in [2.24, 2.45) is 16.8 Å². The molecule has 24 heavy (non-hydrogen) atoms. The topological polar surface area (TPSA) is 57.2 Å². The van der Waals surface area contributed by atoms with Crippen molar-refractivity contribution in [3.63, 3.8) is 0 Å². The Morgan fingerprint density at radius 3 is 2.42 bits per heavy atom. The van der Waals surface area contributed by atoms with Crippen LogP contribution in [0.15, 0.2) is 4.99 Å². The van der Waals surface area contributed by atoms with Gasteiger partial charge in [0.15, 0.2) is 5.96 Å². The van der Waals surface area contributed by atoms with Crippen LogP contribution in [-0.2, 0) is 9.53 Å². The van der Waals surface area contributed by atoms with E-state index >= 15 is 0 Å². The molecule has 0 aliphatic carbocycles. The molecule has 2 aliphatic rings. The summed E-state index contributed by atoms with van der Waals surface area (Å²) < 4.78 is 4.87. The Balaban J connectivity index is 1.79. The fourth-order valence-electron chi connectivity index (χ4n) is 3.62. The number of rotatable bonds is 5. The highest BCUT2D eigenvalue weighted by Gasteiger charge is 2.27. The molecule has 0 aromatic heterocycles. The number of carbonyl (C=O) groups excluding carboxylic acids is 1. The molecule has 6 heteroatoms. The number of guanidine groups is 1. The summed E-state index contributed by atoms with van der Waals surface area (Å²) >= 11 is 0. The Morgan fingerprint density at radius 1 is 1.17 bits per heavy atom. The molecule has 2 heterocycles. The van der Waals surface area contributed by atoms with Crippen LogP contribution in [0.2, 0.25) is 0 Å². The lowest BCUT2D eigenvalue weighted by molar-refractivity contribution is -0.146. The van der Waals surface area contributed by atoms with Gasteiger partial charge in [-0.15, -0.1) is 0 Å². The van der Waals surface area contributed by atoms with Gasteiger partial charge in [0.05, 0.1) is 13.0 Å². The van der Waals surface area contributed by atoms with Crippen molar-refractivity contribution in [2.45, 2.75) is 39.0 Å². The van der Waals surface area contributed by atoms with Crippen molar-refractivity contribution in [2.75, 3.05) is 53.4 Å². The number of hydrogen-bond acceptors (Lipinski definition) is 4. The zero-order chi connectivity index (χ0) is 17.4. The molecule has 0 aromatic rings. The second kappa shape index (κ2) is 9.87. The lowest BCUT2D eigenvalue weighted by Crippen LogP contribution is -2.46. The summed E-state index contributed by atoms with van der Waals surface area (Å²) in [5.41, 5.74) is 0. The second-order valence-electron chi connectivity index (χ2n) is 7.06. The van der Waals surface area contributed by atoms with E-state index in [4.69, 9.17) is 9.73 Å². The van der Waals surface area contributed by atoms with Gasteiger partial charge in [0, 0.05) is 26.2 Å². The third kappa shape index (κ3) is 5.65. The number of methoxy groups -OCH3 is 1. The van der Waals surface area contributed by atoms with E-state index in [0.29, 0.717) is 0 Å². The molecule has 6 nitrogen and oxygen atoms in total. The van der Waals surface area contributed by atoms with Gasteiger partial charge in [-0.3, -0.25) is 9.79 Å². The molecular formula is C18H34N4O2. The largest absolute Gasteiger partial charge is 0.469 e. The SMILES string of the molecule is CCNC(=NCCC1CCN(C)CC1)N1CCC(C(=O)OC)CC1. The third-order valence-corrected chi connectivity index (χ3v) is 5.30. The zero-order valence-corrected chi connectivity index (χ0v) is 15.6. The first-order chi connectivity index (χ1) is 11.6. The van der Waals surface area contributed by atoms with Crippen LogP contribution in [0.4, 0.5) is 0 Å². The minimum Gasteiger partial charge on any atom is -0.469 e. The second-order valence-corrected chi connectivity index (χ2v) is 7.06. The molecule has 0 spiro atoms. The van der Waals surface area contributed by atoms with E-state index in [1.54, 1.807) is 0 Å². The predicted octanol–water partition coefficient (Wildman–Crippen LogP) is 1.57. The summed E-state index contributed by atoms with van der Waals surface area (Å²) in [5.74, 6) is 1.80. The first-order valence-corrected chi connectivity index (χ1v) is 9.43. The molecule has 0 saturated carbocycles. The van der Waals surface area contributed by atoms with Crippen LogP contribution in [0, 0.1) is 11.8 Å². The normalized spacial score (nSPS) is 21.8. The van der Waals surface area contributed by atoms with Crippen LogP contribution in [0.3, 0.4) is 0 Å². The third-order valence-electron chi connectivity index (χ3n) is 5.30. The van der Waals surface area contributed by atoms with Crippen molar-refractivity contribution in [3.05, 3.63) is 0 Å². The minimum atomic E-state index is -0.0705. The van der Waals surface area contributed by atoms with E-state index in [1.165, 1.54) is 39.5 Å². The number of piperidine rings is 2. The van der Waals surface area contributed by atoms with Crippen LogP contribution >= 0.6 is 0 Å². The maximum atomic E-state index is 11.6. The van der Waals surface area contributed by atoms with Crippen molar-refractivity contribution in [1.29, 1.82) is 0 Å². The van der Waals surface area contributed by atoms with E-state index in [-0.39, 0.29) is 11.9 Å². The average Bonchev–Trinajstić information content (AvgIpc) is 2.62. The molecule has 0 aromatic carbocycles. The number of nitrogens with one attached hydrogen (secondary N) is 1. The summed E-state index contributed by atoms with van der Waals surface area (Å²) in [5, 5.41) is 3.41. The molecular weight excluding hydrogens is 304 g/mol. The van der Waals surface area contributed by atoms with Gasteiger partial charge in [0.2, 0.25) is 0 Å². The number of likely N-dealkylation sites (tertiary alicyclic amines) is 2. The molecule has 1 N–H and O–H groups in total. The highest BCUT2D eigenvalue weighted by molar-refractivity contribution is 5.80. The molecule has 0 amide bonds. The highest BCUT2D eigenvalue weighted by Crippen LogP contribution is 2.20. The summed E-state index contributed by atoms with van der Waals surface area (Å²) in [4.78, 5) is 21.2. The number of aliphatic imine (C=N–C) groups is 1. The maximum Gasteiger partial charge on any atom is 0.308 e. The Kier molecular flexibility index (Phi) is 7.82. The molecule has 0 bridgehead atoms. The van der Waals surface area contributed by atoms with Crippen LogP contribution in [0.25, 0.3) is 0 Å². The fourth-order valence-corrected chi connectivity index (χ4v) is 3.62. The molecule has 138 valence electrons. The van der Waals surface area contributed by atoms with E-state index in [2.05, 4.69) is 29.1 Å². The standard InChI is InChI=1S/C18H34N4O2/c1-4-19-18(20-10-5-15-6-11-21(2)12-7-15)22-13-8-16(9-14-22)17(23)24-3/h15-16H,4-14H2,1-3H3,(H,19,20). The summed E-state index contributed by atoms with van der Waals surface area (Å²) in [6, 6.07) is 0. The smallest absolute Gasteiger partial charge is 0.308 e. The summed E-state index contributed by atoms with van der Waals surface area (Å²) in [7, 11) is 3.68. The fraction of sp³-hybridized carbons (Fsp3) is 0.889. The summed E-state index contributed by atoms with van der Waals surface area (Å²) in [6.07, 6.45) is 5.49. The predicted molar refractivity (Wildman–Crippen MR) is 97.1 cm³/mol. The van der Waals surface area contributed by atoms with Crippen LogP contribution in [0.1, 0.15) is 39.0 Å². The zero-order valence-electron chi connectivity index (χ0n) is 15.6. The molecule has 0 unspecified atom stereocenters. The van der Waals surface area contributed by atoms with E-state index in [1.807, 2.05) is 0 Å². The molecule has 2 rings (SSSR count). The van der Waals surface area contributed by atoms with Crippen LogP contribution in [-0.4, -0.2) is 75.2 Å². The Morgan fingerprint density at radius 2 is 1.83 bits per heavy atom. The number of carbonyl (C=O) groups is 1. The van der Waals surface area contributed by atoms with Gasteiger partial charge < -0.3 is 19.9 Å². The van der Waals surface area contributed by atoms with Gasteiger partial charge in [-0.05, 0) is 65.1 Å². The van der Waals surface area contributed by atoms with Gasteiger partial charge >= 0.3 is 5.97 Å². The molecule has 2 saturated heterocycles. The van der Waals surface area contributed by atoms with Crippen molar-refractivity contribution >= 4 is 11.9 Å². The Hall–Kier alpha value is -1.30. The molecule has 0 radical (unpaired) electrons. The molecule has 2 aliphatic heterocycles. The lowest BCUT2D eigenvalue weighted by Gasteiger charge is -2.33. The van der Waals surface area contributed by atoms with E-state index in [9.17, 15) is 4.79 Å². The van der Waals surface area contributed by atoms with Crippen molar-refractivity contribution < 1.29 is 9.53 Å². The van der Waals surface area contributed by atoms with Gasteiger partial charge in [0.1, 0.15) is 0 Å². The van der Waals surface area contributed by atoms with Gasteiger partial charge in [0.25, 0.3) is 0 Å². The van der Waals surface area contributed by atoms with Crippen LogP contribution < -0.4 is 5.32 Å². The number of nitrogens with zero attached hydrogens (tertiary/aromatic N) is 3. The minimum absolute atomic E-state index is 0.0494. The average molecular weight is 338 g/mol. The number of ether oxygens (including phenoxy) is 1. The molecule has 0 atom stereocenters. The van der Waals surface area contributed by atoms with E-state index in [0.717, 1.165) is 50.9 Å².